The molecule has 0 aromatic rings. The fourth-order valence-corrected chi connectivity index (χ4v) is 5.42. The van der Waals surface area contributed by atoms with Crippen molar-refractivity contribution in [2.45, 2.75) is 24.5 Å². The molecule has 2 fully saturated rings. The van der Waals surface area contributed by atoms with E-state index in [1.54, 1.807) is 11.8 Å². The smallest absolute Gasteiger partial charge is 0.230 e. The van der Waals surface area contributed by atoms with Gasteiger partial charge >= 0.3 is 0 Å². The molecule has 1 atom stereocenters. The van der Waals surface area contributed by atoms with Gasteiger partial charge in [-0.15, -0.1) is 11.8 Å². The van der Waals surface area contributed by atoms with E-state index in [4.69, 9.17) is 0 Å². The first kappa shape index (κ1) is 15.1. The first-order valence-electron chi connectivity index (χ1n) is 6.84. The van der Waals surface area contributed by atoms with Crippen molar-refractivity contribution < 1.29 is 13.2 Å². The number of piperidine rings is 1. The maximum Gasteiger partial charge on any atom is 0.230 e. The Bertz CT molecular complexity index is 405. The maximum atomic E-state index is 11.7. The van der Waals surface area contributed by atoms with Gasteiger partial charge in [-0.05, 0) is 38.3 Å². The van der Waals surface area contributed by atoms with Crippen molar-refractivity contribution in [2.75, 3.05) is 36.9 Å². The van der Waals surface area contributed by atoms with Crippen LogP contribution in [-0.4, -0.2) is 56.5 Å². The lowest BCUT2D eigenvalue weighted by molar-refractivity contribution is -0.118. The molecule has 7 heteroatoms. The molecule has 0 bridgehead atoms. The largest absolute Gasteiger partial charge is 0.355 e. The Kier molecular flexibility index (Phi) is 5.53. The zero-order valence-corrected chi connectivity index (χ0v) is 12.7. The summed E-state index contributed by atoms with van der Waals surface area (Å²) in [7, 11) is -2.84. The monoisotopic (exact) mass is 306 g/mol. The molecule has 1 unspecified atom stereocenters. The number of thioether (sulfide) groups is 1. The topological polar surface area (TPSA) is 75.3 Å². The molecule has 2 N–H and O–H groups in total. The van der Waals surface area contributed by atoms with Crippen LogP contribution >= 0.6 is 11.8 Å². The third kappa shape index (κ3) is 5.31. The maximum absolute atomic E-state index is 11.7. The summed E-state index contributed by atoms with van der Waals surface area (Å²) in [6, 6.07) is 0. The van der Waals surface area contributed by atoms with Crippen molar-refractivity contribution in [1.29, 1.82) is 0 Å². The second-order valence-corrected chi connectivity index (χ2v) is 8.85. The summed E-state index contributed by atoms with van der Waals surface area (Å²) in [4.78, 5) is 11.7. The average molecular weight is 306 g/mol. The van der Waals surface area contributed by atoms with Gasteiger partial charge in [-0.25, -0.2) is 8.42 Å². The van der Waals surface area contributed by atoms with Gasteiger partial charge in [0.2, 0.25) is 5.91 Å². The summed E-state index contributed by atoms with van der Waals surface area (Å²) in [6.07, 6.45) is 2.93. The van der Waals surface area contributed by atoms with E-state index in [0.29, 0.717) is 24.0 Å². The van der Waals surface area contributed by atoms with Gasteiger partial charge in [0, 0.05) is 11.8 Å². The number of carbonyl (C=O) groups is 1. The van der Waals surface area contributed by atoms with Crippen LogP contribution in [0.5, 0.6) is 0 Å². The fraction of sp³-hybridized carbons (Fsp3) is 0.917. The van der Waals surface area contributed by atoms with E-state index in [1.807, 2.05) is 0 Å². The predicted molar refractivity (Wildman–Crippen MR) is 78.1 cm³/mol. The van der Waals surface area contributed by atoms with Gasteiger partial charge in [0.1, 0.15) is 0 Å². The summed E-state index contributed by atoms with van der Waals surface area (Å²) in [6.45, 7) is 2.59. The van der Waals surface area contributed by atoms with Gasteiger partial charge in [-0.1, -0.05) is 0 Å². The van der Waals surface area contributed by atoms with Crippen molar-refractivity contribution in [3.8, 4) is 0 Å². The van der Waals surface area contributed by atoms with Crippen LogP contribution in [0.25, 0.3) is 0 Å². The Balaban J connectivity index is 1.59. The Morgan fingerprint density at radius 3 is 2.63 bits per heavy atom. The van der Waals surface area contributed by atoms with E-state index in [0.717, 1.165) is 25.9 Å². The molecule has 0 aromatic heterocycles. The molecule has 5 nitrogen and oxygen atoms in total. The molecule has 2 aliphatic rings. The number of sulfone groups is 1. The average Bonchev–Trinajstić information content (AvgIpc) is 2.75. The Labute approximate surface area is 119 Å². The highest BCUT2D eigenvalue weighted by Gasteiger charge is 2.27. The minimum Gasteiger partial charge on any atom is -0.355 e. The lowest BCUT2D eigenvalue weighted by atomic mass is 10.1. The van der Waals surface area contributed by atoms with Crippen LogP contribution in [0.4, 0.5) is 0 Å². The fourth-order valence-electron chi connectivity index (χ4n) is 2.50. The number of amides is 1. The van der Waals surface area contributed by atoms with Crippen LogP contribution in [0.15, 0.2) is 0 Å². The number of rotatable bonds is 5. The van der Waals surface area contributed by atoms with Crippen molar-refractivity contribution in [3.63, 3.8) is 0 Å². The molecule has 0 aliphatic carbocycles. The van der Waals surface area contributed by atoms with Gasteiger partial charge in [-0.2, -0.15) is 0 Å². The lowest BCUT2D eigenvalue weighted by Crippen LogP contribution is -2.33. The zero-order chi connectivity index (χ0) is 13.7. The predicted octanol–water partition coefficient (Wildman–Crippen LogP) is 0.0225. The van der Waals surface area contributed by atoms with E-state index in [2.05, 4.69) is 10.6 Å². The minimum absolute atomic E-state index is 0.0350. The molecular weight excluding hydrogens is 284 g/mol. The summed E-state index contributed by atoms with van der Waals surface area (Å²) in [5, 5.41) is 6.75. The SMILES string of the molecule is O=C(CSC1CCNCC1)NCC1CCS(=O)(=O)C1. The van der Waals surface area contributed by atoms with Crippen molar-refractivity contribution in [2.24, 2.45) is 5.92 Å². The van der Waals surface area contributed by atoms with E-state index >= 15 is 0 Å². The number of nitrogens with one attached hydrogen (secondary N) is 2. The molecular formula is C12H22N2O3S2. The Hall–Kier alpha value is -0.270. The van der Waals surface area contributed by atoms with Crippen molar-refractivity contribution in [1.82, 2.24) is 10.6 Å². The second kappa shape index (κ2) is 6.95. The summed E-state index contributed by atoms with van der Waals surface area (Å²) in [5.41, 5.74) is 0. The van der Waals surface area contributed by atoms with Gasteiger partial charge in [0.25, 0.3) is 0 Å². The van der Waals surface area contributed by atoms with E-state index in [9.17, 15) is 13.2 Å². The summed E-state index contributed by atoms with van der Waals surface area (Å²) >= 11 is 1.72. The normalized spacial score (nSPS) is 27.3. The van der Waals surface area contributed by atoms with E-state index < -0.39 is 9.84 Å². The first-order valence-corrected chi connectivity index (χ1v) is 9.71. The molecule has 110 valence electrons. The Morgan fingerprint density at radius 1 is 1.26 bits per heavy atom. The molecule has 19 heavy (non-hydrogen) atoms. The molecule has 2 rings (SSSR count). The van der Waals surface area contributed by atoms with Crippen LogP contribution in [0.1, 0.15) is 19.3 Å². The van der Waals surface area contributed by atoms with Crippen LogP contribution in [0, 0.1) is 5.92 Å². The second-order valence-electron chi connectivity index (χ2n) is 5.33. The van der Waals surface area contributed by atoms with E-state index in [-0.39, 0.29) is 23.3 Å². The molecule has 2 aliphatic heterocycles. The minimum atomic E-state index is -2.84. The zero-order valence-electron chi connectivity index (χ0n) is 11.1. The highest BCUT2D eigenvalue weighted by molar-refractivity contribution is 8.00. The molecule has 0 aromatic carbocycles. The Morgan fingerprint density at radius 2 is 2.00 bits per heavy atom. The first-order chi connectivity index (χ1) is 9.05. The molecule has 0 saturated carbocycles. The van der Waals surface area contributed by atoms with Crippen LogP contribution < -0.4 is 10.6 Å². The number of hydrogen-bond acceptors (Lipinski definition) is 5. The number of hydrogen-bond donors (Lipinski definition) is 2. The summed E-state index contributed by atoms with van der Waals surface area (Å²) < 4.78 is 22.6. The highest BCUT2D eigenvalue weighted by Crippen LogP contribution is 2.20. The third-order valence-electron chi connectivity index (χ3n) is 3.65. The number of carbonyl (C=O) groups excluding carboxylic acids is 1. The molecule has 2 heterocycles. The molecule has 0 spiro atoms. The third-order valence-corrected chi connectivity index (χ3v) is 6.86. The molecule has 1 amide bonds. The highest BCUT2D eigenvalue weighted by atomic mass is 32.2. The van der Waals surface area contributed by atoms with Crippen LogP contribution in [0.2, 0.25) is 0 Å². The lowest BCUT2D eigenvalue weighted by Gasteiger charge is -2.21. The van der Waals surface area contributed by atoms with Crippen LogP contribution in [-0.2, 0) is 14.6 Å². The van der Waals surface area contributed by atoms with Crippen molar-refractivity contribution >= 4 is 27.5 Å². The van der Waals surface area contributed by atoms with Gasteiger partial charge in [0.15, 0.2) is 9.84 Å². The van der Waals surface area contributed by atoms with E-state index in [1.165, 1.54) is 0 Å². The van der Waals surface area contributed by atoms with Crippen LogP contribution in [0.3, 0.4) is 0 Å². The summed E-state index contributed by atoms with van der Waals surface area (Å²) in [5.74, 6) is 1.14. The van der Waals surface area contributed by atoms with Gasteiger partial charge in [0.05, 0.1) is 17.3 Å². The van der Waals surface area contributed by atoms with Gasteiger partial charge in [-0.3, -0.25) is 4.79 Å². The standard InChI is InChI=1S/C12H22N2O3S2/c15-12(8-18-11-1-4-13-5-2-11)14-7-10-3-6-19(16,17)9-10/h10-11,13H,1-9H2,(H,14,15). The van der Waals surface area contributed by atoms with Crippen molar-refractivity contribution in [3.05, 3.63) is 0 Å². The quantitative estimate of drug-likeness (QED) is 0.749. The van der Waals surface area contributed by atoms with Gasteiger partial charge < -0.3 is 10.6 Å². The molecule has 2 saturated heterocycles. The molecule has 0 radical (unpaired) electrons.